The van der Waals surface area contributed by atoms with E-state index in [0.29, 0.717) is 58.9 Å². The fraction of sp³-hybridized carbons (Fsp3) is 0.286. The number of hydrogen-bond acceptors (Lipinski definition) is 15. The van der Waals surface area contributed by atoms with Crippen LogP contribution >= 0.6 is 15.9 Å². The lowest BCUT2D eigenvalue weighted by Gasteiger charge is -2.33. The predicted molar refractivity (Wildman–Crippen MR) is 297 cm³/mol. The van der Waals surface area contributed by atoms with Crippen LogP contribution in [0.25, 0.3) is 0 Å². The minimum Gasteiger partial charge on any atom is -0.497 e. The minimum absolute atomic E-state index is 0. The van der Waals surface area contributed by atoms with Gasteiger partial charge in [-0.3, -0.25) is 19.6 Å². The Kier molecular flexibility index (Phi) is 18.3. The van der Waals surface area contributed by atoms with Gasteiger partial charge >= 0.3 is 24.4 Å². The van der Waals surface area contributed by atoms with E-state index in [0.717, 1.165) is 34.2 Å². The molecule has 2 fully saturated rings. The van der Waals surface area contributed by atoms with E-state index in [1.54, 1.807) is 65.4 Å². The van der Waals surface area contributed by atoms with Crippen LogP contribution in [-0.4, -0.2) is 103 Å². The van der Waals surface area contributed by atoms with E-state index in [1.807, 2.05) is 109 Å². The third-order valence-corrected chi connectivity index (χ3v) is 15.5. The summed E-state index contributed by atoms with van der Waals surface area (Å²) >= 11 is 3.82. The number of likely N-dealkylation sites (tertiary alicyclic amines) is 2. The molecule has 4 aliphatic heterocycles. The maximum Gasteiger partial charge on any atom is 0.416 e. The van der Waals surface area contributed by atoms with Gasteiger partial charge in [-0.15, -0.1) is 0 Å². The SMILES string of the molecule is C.COC(=O)N1CC[C@]2(Br)c3ccccc3N(C(=O)OCc3ccccc3)[C@H]12.COC(=O)N1CC[C@]2(N=Nc3ccc(OC)cc3)c3ccccc3N(C(=O)OCc3ccccc3)[C@H]12.COc1ccc(N(N)S(C)(=O)=O)cc1. The number of ether oxygens (including phenoxy) is 6. The summed E-state index contributed by atoms with van der Waals surface area (Å²) in [4.78, 5) is 57.7. The molecule has 0 radical (unpaired) electrons. The van der Waals surface area contributed by atoms with Crippen molar-refractivity contribution < 1.29 is 56.0 Å². The fourth-order valence-corrected chi connectivity index (χ4v) is 11.1. The predicted octanol–water partition coefficient (Wildman–Crippen LogP) is 10.8. The van der Waals surface area contributed by atoms with E-state index in [9.17, 15) is 27.6 Å². The molecule has 2 saturated heterocycles. The lowest BCUT2D eigenvalue weighted by atomic mass is 9.90. The standard InChI is InChI=1S/C27H26N4O5.C20H19BrN2O4.C8H12N2O3S.CH4/c1-34-21-14-12-20(13-15-21)28-29-27-16-17-30(25(32)35-2)24(27)31(23-11-7-6-10-22(23)27)26(33)36-18-19-8-4-3-5-9-19;1-26-18(24)22-12-11-20(21)15-9-5-6-10-16(15)23(17(20)22)19(25)27-13-14-7-3-2-4-8-14;1-13-8-5-3-7(4-6-8)10(9)14(2,11)12;/h3-15,24H,16-18H2,1-2H3;2-10,17H,11-13H2,1H3;3-6H,9H2,1-2H3;1H4/t24-,27-;17-,20-;;/m00../s1. The van der Waals surface area contributed by atoms with Gasteiger partial charge in [0, 0.05) is 25.1 Å². The molecule has 4 aliphatic rings. The number of fused-ring (bicyclic) bond motifs is 6. The van der Waals surface area contributed by atoms with Crippen molar-refractivity contribution in [3.8, 4) is 11.5 Å². The first-order valence-electron chi connectivity index (χ1n) is 24.1. The van der Waals surface area contributed by atoms with Gasteiger partial charge in [-0.25, -0.2) is 37.9 Å². The molecule has 0 aromatic heterocycles. The number of amides is 4. The van der Waals surface area contributed by atoms with Crippen LogP contribution in [0, 0.1) is 0 Å². The normalized spacial score (nSPS) is 19.3. The molecule has 10 rings (SSSR count). The number of anilines is 3. The molecule has 0 saturated carbocycles. The highest BCUT2D eigenvalue weighted by Gasteiger charge is 2.62. The molecule has 4 heterocycles. The number of hydrogen-bond donors (Lipinski definition) is 1. The Labute approximate surface area is 462 Å². The Morgan fingerprint density at radius 2 is 1.04 bits per heavy atom. The van der Waals surface area contributed by atoms with Gasteiger partial charge in [0.2, 0.25) is 10.0 Å². The van der Waals surface area contributed by atoms with Crippen LogP contribution in [0.4, 0.5) is 41.9 Å². The molecular weight excluding hydrogens is 1090 g/mol. The number of carbonyl (C=O) groups is 4. The molecule has 0 aliphatic carbocycles. The number of nitrogens with zero attached hydrogens (tertiary/aromatic N) is 7. The monoisotopic (exact) mass is 1150 g/mol. The van der Waals surface area contributed by atoms with E-state index in [-0.39, 0.29) is 20.6 Å². The summed E-state index contributed by atoms with van der Waals surface area (Å²) in [5.74, 6) is 6.73. The zero-order valence-corrected chi connectivity index (χ0v) is 45.2. The quantitative estimate of drug-likeness (QED) is 0.0443. The molecule has 78 heavy (non-hydrogen) atoms. The number of methoxy groups -OCH3 is 4. The van der Waals surface area contributed by atoms with Crippen molar-refractivity contribution in [1.82, 2.24) is 9.80 Å². The topological polar surface area (TPSA) is 225 Å². The third kappa shape index (κ3) is 11.8. The molecular formula is C56H61BrN8O12S. The largest absolute Gasteiger partial charge is 0.497 e. The summed E-state index contributed by atoms with van der Waals surface area (Å²) < 4.78 is 53.7. The van der Waals surface area contributed by atoms with E-state index >= 15 is 0 Å². The fourth-order valence-electron chi connectivity index (χ4n) is 9.64. The first-order chi connectivity index (χ1) is 37.1. The van der Waals surface area contributed by atoms with Crippen LogP contribution in [0.3, 0.4) is 0 Å². The highest BCUT2D eigenvalue weighted by atomic mass is 79.9. The average molecular weight is 1150 g/mol. The first-order valence-corrected chi connectivity index (χ1v) is 26.8. The molecule has 410 valence electrons. The second-order valence-electron chi connectivity index (χ2n) is 17.9. The van der Waals surface area contributed by atoms with Gasteiger partial charge in [0.25, 0.3) is 0 Å². The Morgan fingerprint density at radius 3 is 1.54 bits per heavy atom. The summed E-state index contributed by atoms with van der Waals surface area (Å²) in [6, 6.07) is 47.7. The molecule has 6 aromatic carbocycles. The molecule has 2 N–H and O–H groups in total. The van der Waals surface area contributed by atoms with Gasteiger partial charge in [-0.1, -0.05) is 120 Å². The highest BCUT2D eigenvalue weighted by molar-refractivity contribution is 9.09. The number of rotatable bonds is 10. The Balaban J connectivity index is 0.000000185. The number of halogens is 1. The van der Waals surface area contributed by atoms with Crippen LogP contribution in [0.1, 0.15) is 42.5 Å². The number of benzene rings is 6. The number of alkyl halides is 1. The average Bonchev–Trinajstić information content (AvgIpc) is 4.38. The second kappa shape index (κ2) is 24.8. The van der Waals surface area contributed by atoms with Gasteiger partial charge in [0.1, 0.15) is 42.6 Å². The zero-order chi connectivity index (χ0) is 54.9. The van der Waals surface area contributed by atoms with Crippen LogP contribution < -0.4 is 29.5 Å². The summed E-state index contributed by atoms with van der Waals surface area (Å²) in [7, 11) is 2.39. The summed E-state index contributed by atoms with van der Waals surface area (Å²) in [5, 5.41) is 9.30. The van der Waals surface area contributed by atoms with Gasteiger partial charge in [0.05, 0.1) is 61.8 Å². The first kappa shape index (κ1) is 57.5. The van der Waals surface area contributed by atoms with E-state index < -0.39 is 56.6 Å². The maximum absolute atomic E-state index is 13.5. The van der Waals surface area contributed by atoms with E-state index in [4.69, 9.17) is 39.4 Å². The van der Waals surface area contributed by atoms with Gasteiger partial charge in [0.15, 0.2) is 0 Å². The Hall–Kier alpha value is -8.21. The summed E-state index contributed by atoms with van der Waals surface area (Å²) in [5.41, 5.74) is 4.95. The Bertz CT molecular complexity index is 3200. The van der Waals surface area contributed by atoms with Gasteiger partial charge in [-0.05, 0) is 83.8 Å². The molecule has 0 unspecified atom stereocenters. The molecule has 6 aromatic rings. The van der Waals surface area contributed by atoms with Gasteiger partial charge < -0.3 is 28.4 Å². The smallest absolute Gasteiger partial charge is 0.416 e. The molecule has 0 spiro atoms. The number of nitrogens with two attached hydrogens (primary N) is 1. The number of hydrazine groups is 1. The number of sulfonamides is 1. The maximum atomic E-state index is 13.5. The molecule has 4 atom stereocenters. The Morgan fingerprint density at radius 1 is 0.603 bits per heavy atom. The number of carbonyl (C=O) groups excluding carboxylic acids is 4. The summed E-state index contributed by atoms with van der Waals surface area (Å²) in [6.07, 6.45) is -1.22. The lowest BCUT2D eigenvalue weighted by Crippen LogP contribution is -2.53. The van der Waals surface area contributed by atoms with E-state index in [2.05, 4.69) is 21.0 Å². The van der Waals surface area contributed by atoms with Gasteiger partial charge in [-0.2, -0.15) is 10.2 Å². The van der Waals surface area contributed by atoms with E-state index in [1.165, 1.54) is 31.1 Å². The van der Waals surface area contributed by atoms with Crippen molar-refractivity contribution in [3.63, 3.8) is 0 Å². The lowest BCUT2D eigenvalue weighted by molar-refractivity contribution is 0.104. The van der Waals surface area contributed by atoms with Crippen molar-refractivity contribution in [2.24, 2.45) is 16.1 Å². The van der Waals surface area contributed by atoms with Crippen molar-refractivity contribution in [2.45, 2.75) is 55.7 Å². The van der Waals surface area contributed by atoms with Crippen LogP contribution in [0.2, 0.25) is 0 Å². The number of para-hydroxylation sites is 2. The molecule has 4 amide bonds. The van der Waals surface area contributed by atoms with Crippen LogP contribution in [0.15, 0.2) is 168 Å². The summed E-state index contributed by atoms with van der Waals surface area (Å²) in [6.45, 7) is 1.09. The van der Waals surface area contributed by atoms with Crippen LogP contribution in [0.5, 0.6) is 11.5 Å². The molecule has 20 nitrogen and oxygen atoms in total. The highest BCUT2D eigenvalue weighted by Crippen LogP contribution is 2.57. The molecule has 22 heteroatoms. The number of azo groups is 1. The van der Waals surface area contributed by atoms with Crippen molar-refractivity contribution in [3.05, 3.63) is 180 Å². The van der Waals surface area contributed by atoms with Crippen molar-refractivity contribution in [2.75, 3.05) is 62.0 Å². The minimum atomic E-state index is -3.41. The third-order valence-electron chi connectivity index (χ3n) is 13.3. The second-order valence-corrected chi connectivity index (χ2v) is 21.1. The van der Waals surface area contributed by atoms with Crippen LogP contribution in [-0.2, 0) is 52.0 Å². The zero-order valence-electron chi connectivity index (χ0n) is 42.8. The van der Waals surface area contributed by atoms with Crippen molar-refractivity contribution in [1.29, 1.82) is 0 Å². The molecule has 0 bridgehead atoms. The van der Waals surface area contributed by atoms with Crippen molar-refractivity contribution >= 4 is 73.1 Å².